The van der Waals surface area contributed by atoms with Crippen molar-refractivity contribution < 1.29 is 0 Å². The van der Waals surface area contributed by atoms with Crippen LogP contribution in [-0.2, 0) is 0 Å². The molecule has 0 amide bonds. The first-order valence-corrected chi connectivity index (χ1v) is 7.73. The number of hydrogen-bond acceptors (Lipinski definition) is 3. The van der Waals surface area contributed by atoms with Crippen molar-refractivity contribution in [1.82, 2.24) is 20.0 Å². The Morgan fingerprint density at radius 2 is 1.81 bits per heavy atom. The van der Waals surface area contributed by atoms with Crippen molar-refractivity contribution in [2.75, 3.05) is 13.1 Å². The van der Waals surface area contributed by atoms with Gasteiger partial charge < -0.3 is 5.32 Å². The fourth-order valence-corrected chi connectivity index (χ4v) is 3.17. The van der Waals surface area contributed by atoms with Crippen LogP contribution in [-0.4, -0.2) is 39.9 Å². The van der Waals surface area contributed by atoms with Crippen molar-refractivity contribution in [2.45, 2.75) is 38.9 Å². The Bertz CT molecular complexity index is 567. The van der Waals surface area contributed by atoms with Crippen LogP contribution in [0.15, 0.2) is 42.7 Å². The molecule has 112 valence electrons. The SMILES string of the molecule is CC1CN(C(C)c2cnn(-c3ccccc3)c2)CC(C)N1. The summed E-state index contributed by atoms with van der Waals surface area (Å²) in [7, 11) is 0. The zero-order valence-electron chi connectivity index (χ0n) is 13.0. The Morgan fingerprint density at radius 1 is 1.14 bits per heavy atom. The van der Waals surface area contributed by atoms with Gasteiger partial charge in [-0.1, -0.05) is 18.2 Å². The number of nitrogens with one attached hydrogen (secondary N) is 1. The molecule has 3 atom stereocenters. The van der Waals surface area contributed by atoms with Crippen molar-refractivity contribution in [3.8, 4) is 5.69 Å². The van der Waals surface area contributed by atoms with Gasteiger partial charge in [0.15, 0.2) is 0 Å². The zero-order chi connectivity index (χ0) is 14.8. The molecule has 1 N–H and O–H groups in total. The summed E-state index contributed by atoms with van der Waals surface area (Å²) in [5, 5.41) is 8.10. The summed E-state index contributed by atoms with van der Waals surface area (Å²) in [5.41, 5.74) is 2.39. The van der Waals surface area contributed by atoms with Crippen molar-refractivity contribution in [3.63, 3.8) is 0 Å². The van der Waals surface area contributed by atoms with Crippen molar-refractivity contribution >= 4 is 0 Å². The first-order chi connectivity index (χ1) is 10.1. The molecular formula is C17H24N4. The normalized spacial score (nSPS) is 24.9. The van der Waals surface area contributed by atoms with Gasteiger partial charge in [0.05, 0.1) is 11.9 Å². The third-order valence-electron chi connectivity index (χ3n) is 4.24. The molecule has 1 aromatic carbocycles. The Labute approximate surface area is 126 Å². The molecule has 1 saturated heterocycles. The van der Waals surface area contributed by atoms with Crippen LogP contribution in [0, 0.1) is 0 Å². The number of hydrogen-bond donors (Lipinski definition) is 1. The van der Waals surface area contributed by atoms with Crippen LogP contribution in [0.1, 0.15) is 32.4 Å². The van der Waals surface area contributed by atoms with Gasteiger partial charge in [-0.15, -0.1) is 0 Å². The zero-order valence-corrected chi connectivity index (χ0v) is 13.0. The molecule has 1 aliphatic heterocycles. The Balaban J connectivity index is 1.76. The summed E-state index contributed by atoms with van der Waals surface area (Å²) < 4.78 is 1.96. The van der Waals surface area contributed by atoms with Crippen LogP contribution in [0.4, 0.5) is 0 Å². The molecule has 0 radical (unpaired) electrons. The van der Waals surface area contributed by atoms with Gasteiger partial charge >= 0.3 is 0 Å². The summed E-state index contributed by atoms with van der Waals surface area (Å²) >= 11 is 0. The summed E-state index contributed by atoms with van der Waals surface area (Å²) in [4.78, 5) is 2.54. The topological polar surface area (TPSA) is 33.1 Å². The highest BCUT2D eigenvalue weighted by Crippen LogP contribution is 2.23. The minimum atomic E-state index is 0.398. The lowest BCUT2D eigenvalue weighted by atomic mass is 10.1. The number of benzene rings is 1. The van der Waals surface area contributed by atoms with Gasteiger partial charge in [0, 0.05) is 43.0 Å². The largest absolute Gasteiger partial charge is 0.309 e. The summed E-state index contributed by atoms with van der Waals surface area (Å²) in [6.07, 6.45) is 4.15. The van der Waals surface area contributed by atoms with Crippen LogP contribution in [0.3, 0.4) is 0 Å². The molecule has 3 unspecified atom stereocenters. The Kier molecular flexibility index (Phi) is 4.08. The maximum atomic E-state index is 4.51. The van der Waals surface area contributed by atoms with E-state index in [4.69, 9.17) is 0 Å². The summed E-state index contributed by atoms with van der Waals surface area (Å²) in [6, 6.07) is 11.8. The monoisotopic (exact) mass is 284 g/mol. The third kappa shape index (κ3) is 3.17. The van der Waals surface area contributed by atoms with E-state index in [0.29, 0.717) is 18.1 Å². The minimum absolute atomic E-state index is 0.398. The van der Waals surface area contributed by atoms with Gasteiger partial charge in [0.25, 0.3) is 0 Å². The number of nitrogens with zero attached hydrogens (tertiary/aromatic N) is 3. The van der Waals surface area contributed by atoms with Gasteiger partial charge in [0.2, 0.25) is 0 Å². The van der Waals surface area contributed by atoms with Crippen molar-refractivity contribution in [2.24, 2.45) is 0 Å². The van der Waals surface area contributed by atoms with E-state index in [9.17, 15) is 0 Å². The lowest BCUT2D eigenvalue weighted by Crippen LogP contribution is -2.54. The van der Waals surface area contributed by atoms with Crippen molar-refractivity contribution in [3.05, 3.63) is 48.3 Å². The quantitative estimate of drug-likeness (QED) is 0.940. The highest BCUT2D eigenvalue weighted by atomic mass is 15.3. The molecule has 0 bridgehead atoms. The third-order valence-corrected chi connectivity index (χ3v) is 4.24. The predicted octanol–water partition coefficient (Wildman–Crippen LogP) is 2.62. The highest BCUT2D eigenvalue weighted by Gasteiger charge is 2.26. The maximum absolute atomic E-state index is 4.51. The number of rotatable bonds is 3. The molecule has 1 aromatic heterocycles. The van der Waals surface area contributed by atoms with E-state index < -0.39 is 0 Å². The second kappa shape index (κ2) is 6.00. The molecule has 4 heteroatoms. The smallest absolute Gasteiger partial charge is 0.0645 e. The van der Waals surface area contributed by atoms with Crippen LogP contribution >= 0.6 is 0 Å². The number of aromatic nitrogens is 2. The lowest BCUT2D eigenvalue weighted by Gasteiger charge is -2.39. The van der Waals surface area contributed by atoms with E-state index in [1.54, 1.807) is 0 Å². The molecule has 4 nitrogen and oxygen atoms in total. The van der Waals surface area contributed by atoms with E-state index in [-0.39, 0.29) is 0 Å². The van der Waals surface area contributed by atoms with E-state index in [2.05, 4.69) is 54.4 Å². The first-order valence-electron chi connectivity index (χ1n) is 7.73. The average Bonchev–Trinajstić information content (AvgIpc) is 2.96. The molecular weight excluding hydrogens is 260 g/mol. The predicted molar refractivity (Wildman–Crippen MR) is 85.6 cm³/mol. The highest BCUT2D eigenvalue weighted by molar-refractivity contribution is 5.31. The fourth-order valence-electron chi connectivity index (χ4n) is 3.17. The molecule has 0 aliphatic carbocycles. The molecule has 21 heavy (non-hydrogen) atoms. The molecule has 1 aliphatic rings. The lowest BCUT2D eigenvalue weighted by molar-refractivity contribution is 0.131. The van der Waals surface area contributed by atoms with Crippen LogP contribution in [0.2, 0.25) is 0 Å². The minimum Gasteiger partial charge on any atom is -0.309 e. The second-order valence-corrected chi connectivity index (χ2v) is 6.15. The number of piperazine rings is 1. The Hall–Kier alpha value is -1.65. The van der Waals surface area contributed by atoms with Crippen molar-refractivity contribution in [1.29, 1.82) is 0 Å². The molecule has 2 heterocycles. The van der Waals surface area contributed by atoms with Gasteiger partial charge in [-0.3, -0.25) is 4.90 Å². The van der Waals surface area contributed by atoms with Crippen LogP contribution < -0.4 is 5.32 Å². The van der Waals surface area contributed by atoms with E-state index in [1.165, 1.54) is 5.56 Å². The van der Waals surface area contributed by atoms with Gasteiger partial charge in [-0.25, -0.2) is 4.68 Å². The van der Waals surface area contributed by atoms with E-state index in [1.807, 2.05) is 29.1 Å². The Morgan fingerprint density at radius 3 is 2.48 bits per heavy atom. The maximum Gasteiger partial charge on any atom is 0.0645 e. The summed E-state index contributed by atoms with van der Waals surface area (Å²) in [6.45, 7) is 8.95. The summed E-state index contributed by atoms with van der Waals surface area (Å²) in [5.74, 6) is 0. The van der Waals surface area contributed by atoms with E-state index >= 15 is 0 Å². The van der Waals surface area contributed by atoms with E-state index in [0.717, 1.165) is 18.8 Å². The fraction of sp³-hybridized carbons (Fsp3) is 0.471. The molecule has 1 fully saturated rings. The molecule has 2 aromatic rings. The van der Waals surface area contributed by atoms with Gasteiger partial charge in [0.1, 0.15) is 0 Å². The molecule has 0 spiro atoms. The molecule has 3 rings (SSSR count). The van der Waals surface area contributed by atoms with Crippen LogP contribution in [0.25, 0.3) is 5.69 Å². The standard InChI is InChI=1S/C17H24N4/c1-13-10-20(11-14(2)19-13)15(3)16-9-18-21(12-16)17-7-5-4-6-8-17/h4-9,12-15,19H,10-11H2,1-3H3. The average molecular weight is 284 g/mol. The second-order valence-electron chi connectivity index (χ2n) is 6.15. The molecule has 0 saturated carbocycles. The first kappa shape index (κ1) is 14.3. The van der Waals surface area contributed by atoms with Crippen LogP contribution in [0.5, 0.6) is 0 Å². The van der Waals surface area contributed by atoms with Gasteiger partial charge in [-0.05, 0) is 32.9 Å². The number of para-hydroxylation sites is 1. The van der Waals surface area contributed by atoms with Gasteiger partial charge in [-0.2, -0.15) is 5.10 Å².